The standard InChI is InChI=1S/C7H9N5/c1-5-2-10-11-12(5)7-4-8-3-6(7)9-1/h2,7-8H,1,3-4H2. The maximum absolute atomic E-state index is 4.46. The van der Waals surface area contributed by atoms with Crippen LogP contribution in [0.5, 0.6) is 0 Å². The zero-order valence-corrected chi connectivity index (χ0v) is 6.56. The molecule has 12 heavy (non-hydrogen) atoms. The molecule has 5 nitrogen and oxygen atoms in total. The van der Waals surface area contributed by atoms with Crippen molar-refractivity contribution in [2.24, 2.45) is 4.99 Å². The molecule has 0 bridgehead atoms. The second-order valence-corrected chi connectivity index (χ2v) is 3.12. The SMILES string of the molecule is c1nnn2c1CN=C1CNCC12. The second kappa shape index (κ2) is 2.13. The van der Waals surface area contributed by atoms with Crippen LogP contribution in [0.25, 0.3) is 0 Å². The average Bonchev–Trinajstić information content (AvgIpc) is 2.71. The van der Waals surface area contributed by atoms with E-state index in [1.54, 1.807) is 6.20 Å². The van der Waals surface area contributed by atoms with E-state index in [-0.39, 0.29) is 0 Å². The molecule has 1 N–H and O–H groups in total. The molecule has 0 spiro atoms. The molecule has 3 heterocycles. The number of rotatable bonds is 0. The van der Waals surface area contributed by atoms with Crippen LogP contribution in [0.4, 0.5) is 0 Å². The van der Waals surface area contributed by atoms with Crippen LogP contribution in [0.3, 0.4) is 0 Å². The molecule has 2 aliphatic rings. The minimum absolute atomic E-state index is 0.330. The predicted molar refractivity (Wildman–Crippen MR) is 43.1 cm³/mol. The van der Waals surface area contributed by atoms with Gasteiger partial charge in [-0.1, -0.05) is 5.21 Å². The third-order valence-electron chi connectivity index (χ3n) is 2.42. The summed E-state index contributed by atoms with van der Waals surface area (Å²) in [6.07, 6.45) is 1.79. The second-order valence-electron chi connectivity index (χ2n) is 3.12. The molecule has 0 radical (unpaired) electrons. The first-order chi connectivity index (χ1) is 5.95. The van der Waals surface area contributed by atoms with Gasteiger partial charge in [-0.25, -0.2) is 4.68 Å². The summed E-state index contributed by atoms with van der Waals surface area (Å²) in [5.74, 6) is 0. The van der Waals surface area contributed by atoms with E-state index in [0.29, 0.717) is 6.04 Å². The van der Waals surface area contributed by atoms with Gasteiger partial charge in [-0.2, -0.15) is 0 Å². The monoisotopic (exact) mass is 163 g/mol. The molecular formula is C7H9N5. The highest BCUT2D eigenvalue weighted by Gasteiger charge is 2.29. The minimum atomic E-state index is 0.330. The third kappa shape index (κ3) is 0.687. The van der Waals surface area contributed by atoms with Gasteiger partial charge < -0.3 is 5.32 Å². The van der Waals surface area contributed by atoms with Crippen LogP contribution in [0.1, 0.15) is 11.7 Å². The Morgan fingerprint density at radius 1 is 1.58 bits per heavy atom. The molecule has 2 aliphatic heterocycles. The van der Waals surface area contributed by atoms with Gasteiger partial charge in [0.15, 0.2) is 0 Å². The zero-order chi connectivity index (χ0) is 7.97. The van der Waals surface area contributed by atoms with Gasteiger partial charge in [-0.3, -0.25) is 4.99 Å². The number of aromatic nitrogens is 3. The Kier molecular flexibility index (Phi) is 1.12. The highest BCUT2D eigenvalue weighted by molar-refractivity contribution is 5.92. The molecular weight excluding hydrogens is 154 g/mol. The van der Waals surface area contributed by atoms with Crippen LogP contribution >= 0.6 is 0 Å². The number of hydrogen-bond acceptors (Lipinski definition) is 4. The Balaban J connectivity index is 2.12. The molecule has 1 fully saturated rings. The van der Waals surface area contributed by atoms with Crippen molar-refractivity contribution in [3.63, 3.8) is 0 Å². The highest BCUT2D eigenvalue weighted by Crippen LogP contribution is 2.19. The summed E-state index contributed by atoms with van der Waals surface area (Å²) in [5.41, 5.74) is 2.33. The van der Waals surface area contributed by atoms with Crippen molar-refractivity contribution in [3.8, 4) is 0 Å². The molecule has 1 atom stereocenters. The molecule has 62 valence electrons. The Labute approximate surface area is 69.5 Å². The van der Waals surface area contributed by atoms with E-state index < -0.39 is 0 Å². The average molecular weight is 163 g/mol. The van der Waals surface area contributed by atoms with E-state index >= 15 is 0 Å². The zero-order valence-electron chi connectivity index (χ0n) is 6.56. The number of fused-ring (bicyclic) bond motifs is 3. The molecule has 1 aromatic heterocycles. The van der Waals surface area contributed by atoms with Crippen molar-refractivity contribution in [2.45, 2.75) is 12.6 Å². The van der Waals surface area contributed by atoms with Gasteiger partial charge >= 0.3 is 0 Å². The predicted octanol–water partition coefficient (Wildman–Crippen LogP) is -0.623. The molecule has 3 rings (SSSR count). The Morgan fingerprint density at radius 3 is 3.58 bits per heavy atom. The van der Waals surface area contributed by atoms with E-state index in [0.717, 1.165) is 25.3 Å². The number of nitrogens with one attached hydrogen (secondary N) is 1. The number of aliphatic imine (C=N–C) groups is 1. The molecule has 5 heteroatoms. The molecule has 1 saturated heterocycles. The van der Waals surface area contributed by atoms with Crippen LogP contribution < -0.4 is 5.32 Å². The Bertz CT molecular complexity index is 339. The Hall–Kier alpha value is -1.23. The first kappa shape index (κ1) is 6.30. The lowest BCUT2D eigenvalue weighted by Crippen LogP contribution is -2.24. The molecule has 1 unspecified atom stereocenters. The van der Waals surface area contributed by atoms with Gasteiger partial charge in [-0.15, -0.1) is 5.10 Å². The number of nitrogens with zero attached hydrogens (tertiary/aromatic N) is 4. The lowest BCUT2D eigenvalue weighted by molar-refractivity contribution is 0.519. The van der Waals surface area contributed by atoms with Crippen LogP contribution in [0.15, 0.2) is 11.2 Å². The highest BCUT2D eigenvalue weighted by atomic mass is 15.5. The topological polar surface area (TPSA) is 55.1 Å². The Morgan fingerprint density at radius 2 is 2.58 bits per heavy atom. The summed E-state index contributed by atoms with van der Waals surface area (Å²) < 4.78 is 1.97. The van der Waals surface area contributed by atoms with Crippen molar-refractivity contribution in [1.29, 1.82) is 0 Å². The fourth-order valence-electron chi connectivity index (χ4n) is 1.78. The maximum atomic E-state index is 4.46. The van der Waals surface area contributed by atoms with Crippen molar-refractivity contribution in [1.82, 2.24) is 20.3 Å². The molecule has 0 aromatic carbocycles. The normalized spacial score (nSPS) is 26.3. The summed E-state index contributed by atoms with van der Waals surface area (Å²) in [7, 11) is 0. The fraction of sp³-hybridized carbons (Fsp3) is 0.571. The van der Waals surface area contributed by atoms with Gasteiger partial charge in [0, 0.05) is 13.1 Å². The largest absolute Gasteiger partial charge is 0.309 e. The summed E-state index contributed by atoms with van der Waals surface area (Å²) in [5, 5.41) is 11.2. The number of hydrogen-bond donors (Lipinski definition) is 1. The van der Waals surface area contributed by atoms with Gasteiger partial charge in [0.25, 0.3) is 0 Å². The van der Waals surface area contributed by atoms with Crippen LogP contribution in [-0.2, 0) is 6.54 Å². The van der Waals surface area contributed by atoms with Crippen molar-refractivity contribution < 1.29 is 0 Å². The van der Waals surface area contributed by atoms with Gasteiger partial charge in [0.2, 0.25) is 0 Å². The van der Waals surface area contributed by atoms with Crippen LogP contribution in [-0.4, -0.2) is 33.8 Å². The fourth-order valence-corrected chi connectivity index (χ4v) is 1.78. The van der Waals surface area contributed by atoms with Crippen LogP contribution in [0, 0.1) is 0 Å². The van der Waals surface area contributed by atoms with Crippen molar-refractivity contribution in [2.75, 3.05) is 13.1 Å². The summed E-state index contributed by atoms with van der Waals surface area (Å²) >= 11 is 0. The van der Waals surface area contributed by atoms with E-state index in [4.69, 9.17) is 0 Å². The first-order valence-electron chi connectivity index (χ1n) is 4.08. The molecule has 0 saturated carbocycles. The lowest BCUT2D eigenvalue weighted by Gasteiger charge is -2.17. The van der Waals surface area contributed by atoms with E-state index in [2.05, 4.69) is 20.6 Å². The minimum Gasteiger partial charge on any atom is -0.309 e. The molecule has 0 aliphatic carbocycles. The lowest BCUT2D eigenvalue weighted by atomic mass is 10.2. The van der Waals surface area contributed by atoms with Crippen LogP contribution in [0.2, 0.25) is 0 Å². The van der Waals surface area contributed by atoms with E-state index in [1.807, 2.05) is 4.68 Å². The van der Waals surface area contributed by atoms with Gasteiger partial charge in [0.05, 0.1) is 24.1 Å². The first-order valence-corrected chi connectivity index (χ1v) is 4.08. The summed E-state index contributed by atoms with van der Waals surface area (Å²) in [6, 6.07) is 0.330. The quantitative estimate of drug-likeness (QED) is 0.554. The van der Waals surface area contributed by atoms with E-state index in [9.17, 15) is 0 Å². The van der Waals surface area contributed by atoms with Gasteiger partial charge in [0.1, 0.15) is 6.04 Å². The van der Waals surface area contributed by atoms with Gasteiger partial charge in [-0.05, 0) is 0 Å². The summed E-state index contributed by atoms with van der Waals surface area (Å²) in [4.78, 5) is 4.46. The third-order valence-corrected chi connectivity index (χ3v) is 2.42. The smallest absolute Gasteiger partial charge is 0.105 e. The van der Waals surface area contributed by atoms with E-state index in [1.165, 1.54) is 5.71 Å². The molecule has 0 amide bonds. The molecule has 1 aromatic rings. The van der Waals surface area contributed by atoms with Crippen molar-refractivity contribution in [3.05, 3.63) is 11.9 Å². The maximum Gasteiger partial charge on any atom is 0.105 e. The van der Waals surface area contributed by atoms with Crippen molar-refractivity contribution >= 4 is 5.71 Å². The summed E-state index contributed by atoms with van der Waals surface area (Å²) in [6.45, 7) is 2.58.